The van der Waals surface area contributed by atoms with E-state index in [0.29, 0.717) is 18.0 Å². The molecular formula is C14H30N4. The summed E-state index contributed by atoms with van der Waals surface area (Å²) < 4.78 is 0. The maximum Gasteiger partial charge on any atom is 0.188 e. The van der Waals surface area contributed by atoms with Crippen molar-refractivity contribution in [1.82, 2.24) is 10.2 Å². The lowest BCUT2D eigenvalue weighted by molar-refractivity contribution is 0.259. The minimum absolute atomic E-state index is 0.551. The molecular weight excluding hydrogens is 224 g/mol. The van der Waals surface area contributed by atoms with Crippen molar-refractivity contribution in [3.63, 3.8) is 0 Å². The minimum Gasteiger partial charge on any atom is -0.370 e. The zero-order chi connectivity index (χ0) is 13.4. The summed E-state index contributed by atoms with van der Waals surface area (Å²) in [6.45, 7) is 6.21. The van der Waals surface area contributed by atoms with Crippen molar-refractivity contribution in [3.05, 3.63) is 0 Å². The van der Waals surface area contributed by atoms with Gasteiger partial charge in [0.25, 0.3) is 0 Å². The Bertz CT molecular complexity index is 246. The summed E-state index contributed by atoms with van der Waals surface area (Å²) in [5, 5.41) is 3.35. The van der Waals surface area contributed by atoms with Gasteiger partial charge in [-0.25, -0.2) is 0 Å². The summed E-state index contributed by atoms with van der Waals surface area (Å²) in [5.41, 5.74) is 5.92. The van der Waals surface area contributed by atoms with Gasteiger partial charge in [-0.05, 0) is 33.2 Å². The molecule has 18 heavy (non-hydrogen) atoms. The maximum absolute atomic E-state index is 5.92. The van der Waals surface area contributed by atoms with E-state index < -0.39 is 0 Å². The molecule has 0 saturated heterocycles. The lowest BCUT2D eigenvalue weighted by atomic mass is 9.96. The quantitative estimate of drug-likeness (QED) is 0.563. The average molecular weight is 254 g/mol. The predicted molar refractivity (Wildman–Crippen MR) is 78.9 cm³/mol. The van der Waals surface area contributed by atoms with E-state index in [1.54, 1.807) is 0 Å². The lowest BCUT2D eigenvalue weighted by Crippen LogP contribution is -2.41. The third-order valence-corrected chi connectivity index (χ3v) is 4.04. The number of hydrogen-bond donors (Lipinski definition) is 2. The molecule has 0 aromatic heterocycles. The Labute approximate surface area is 112 Å². The highest BCUT2D eigenvalue weighted by atomic mass is 15.2. The van der Waals surface area contributed by atoms with E-state index in [-0.39, 0.29) is 0 Å². The van der Waals surface area contributed by atoms with E-state index in [1.807, 2.05) is 0 Å². The molecule has 1 fully saturated rings. The van der Waals surface area contributed by atoms with E-state index in [9.17, 15) is 0 Å². The van der Waals surface area contributed by atoms with Crippen LogP contribution in [0.2, 0.25) is 0 Å². The molecule has 0 spiro atoms. The fourth-order valence-electron chi connectivity index (χ4n) is 2.36. The first-order valence-electron chi connectivity index (χ1n) is 7.40. The molecule has 106 valence electrons. The third kappa shape index (κ3) is 5.71. The van der Waals surface area contributed by atoms with Gasteiger partial charge in [0.15, 0.2) is 5.96 Å². The normalized spacial score (nSPS) is 20.1. The molecule has 1 saturated carbocycles. The van der Waals surface area contributed by atoms with Crippen LogP contribution in [0, 0.1) is 0 Å². The molecule has 0 bridgehead atoms. The van der Waals surface area contributed by atoms with Crippen LogP contribution in [0.25, 0.3) is 0 Å². The molecule has 0 aromatic carbocycles. The van der Waals surface area contributed by atoms with Crippen LogP contribution in [0.3, 0.4) is 0 Å². The Morgan fingerprint density at radius 3 is 2.67 bits per heavy atom. The van der Waals surface area contributed by atoms with Crippen LogP contribution in [0.1, 0.15) is 52.4 Å². The number of nitrogens with zero attached hydrogens (tertiary/aromatic N) is 2. The topological polar surface area (TPSA) is 53.6 Å². The monoisotopic (exact) mass is 254 g/mol. The molecule has 0 amide bonds. The standard InChI is InChI=1S/C14H30N4/c1-4-12(2)18(3)11-10-16-14(15)17-13-8-6-5-7-9-13/h12-13H,4-11H2,1-3H3,(H3,15,16,17). The number of nitrogens with one attached hydrogen (secondary N) is 1. The zero-order valence-corrected chi connectivity index (χ0v) is 12.3. The number of nitrogens with two attached hydrogens (primary N) is 1. The fourth-order valence-corrected chi connectivity index (χ4v) is 2.36. The number of likely N-dealkylation sites (N-methyl/N-ethyl adjacent to an activating group) is 1. The minimum atomic E-state index is 0.551. The summed E-state index contributed by atoms with van der Waals surface area (Å²) in [6, 6.07) is 1.17. The van der Waals surface area contributed by atoms with Gasteiger partial charge >= 0.3 is 0 Å². The molecule has 4 nitrogen and oxygen atoms in total. The van der Waals surface area contributed by atoms with Crippen LogP contribution >= 0.6 is 0 Å². The van der Waals surface area contributed by atoms with E-state index in [4.69, 9.17) is 5.73 Å². The van der Waals surface area contributed by atoms with E-state index in [1.165, 1.54) is 38.5 Å². The smallest absolute Gasteiger partial charge is 0.188 e. The lowest BCUT2D eigenvalue weighted by Gasteiger charge is -2.24. The van der Waals surface area contributed by atoms with Crippen molar-refractivity contribution in [1.29, 1.82) is 0 Å². The van der Waals surface area contributed by atoms with Crippen LogP contribution < -0.4 is 11.1 Å². The van der Waals surface area contributed by atoms with Crippen LogP contribution in [-0.4, -0.2) is 43.1 Å². The predicted octanol–water partition coefficient (Wildman–Crippen LogP) is 1.95. The van der Waals surface area contributed by atoms with Crippen molar-refractivity contribution >= 4 is 5.96 Å². The number of rotatable bonds is 6. The zero-order valence-electron chi connectivity index (χ0n) is 12.3. The van der Waals surface area contributed by atoms with Gasteiger partial charge in [-0.15, -0.1) is 0 Å². The molecule has 1 aliphatic carbocycles. The average Bonchev–Trinajstić information content (AvgIpc) is 2.38. The second kappa shape index (κ2) is 8.35. The van der Waals surface area contributed by atoms with Crippen molar-refractivity contribution in [2.75, 3.05) is 20.1 Å². The van der Waals surface area contributed by atoms with Gasteiger partial charge in [0.1, 0.15) is 0 Å². The Balaban J connectivity index is 2.20. The number of hydrogen-bond acceptors (Lipinski definition) is 2. The van der Waals surface area contributed by atoms with Crippen molar-refractivity contribution < 1.29 is 0 Å². The van der Waals surface area contributed by atoms with Crippen LogP contribution in [0.4, 0.5) is 0 Å². The molecule has 0 radical (unpaired) electrons. The summed E-state index contributed by atoms with van der Waals surface area (Å²) in [7, 11) is 2.15. The summed E-state index contributed by atoms with van der Waals surface area (Å²) >= 11 is 0. The van der Waals surface area contributed by atoms with Crippen molar-refractivity contribution in [2.45, 2.75) is 64.5 Å². The Morgan fingerprint density at radius 1 is 1.39 bits per heavy atom. The molecule has 3 N–H and O–H groups in total. The highest BCUT2D eigenvalue weighted by Gasteiger charge is 2.13. The SMILES string of the molecule is CCC(C)N(C)CCN=C(N)NC1CCCCC1. The maximum atomic E-state index is 5.92. The van der Waals surface area contributed by atoms with Gasteiger partial charge in [0, 0.05) is 18.6 Å². The van der Waals surface area contributed by atoms with Gasteiger partial charge < -0.3 is 16.0 Å². The molecule has 0 heterocycles. The summed E-state index contributed by atoms with van der Waals surface area (Å²) in [6.07, 6.45) is 7.67. The van der Waals surface area contributed by atoms with Crippen molar-refractivity contribution in [2.24, 2.45) is 10.7 Å². The van der Waals surface area contributed by atoms with Crippen LogP contribution in [-0.2, 0) is 0 Å². The Hall–Kier alpha value is -0.770. The molecule has 1 atom stereocenters. The van der Waals surface area contributed by atoms with Gasteiger partial charge in [0.05, 0.1) is 6.54 Å². The van der Waals surface area contributed by atoms with Crippen LogP contribution in [0.5, 0.6) is 0 Å². The first-order chi connectivity index (χ1) is 8.63. The number of guanidine groups is 1. The molecule has 0 aliphatic heterocycles. The van der Waals surface area contributed by atoms with Gasteiger partial charge in [-0.3, -0.25) is 4.99 Å². The molecule has 1 rings (SSSR count). The molecule has 1 aliphatic rings. The van der Waals surface area contributed by atoms with E-state index in [0.717, 1.165) is 13.1 Å². The van der Waals surface area contributed by atoms with Gasteiger partial charge in [-0.1, -0.05) is 26.2 Å². The summed E-state index contributed by atoms with van der Waals surface area (Å²) in [5.74, 6) is 0.624. The highest BCUT2D eigenvalue weighted by Crippen LogP contribution is 2.16. The molecule has 1 unspecified atom stereocenters. The second-order valence-electron chi connectivity index (χ2n) is 5.48. The van der Waals surface area contributed by atoms with E-state index in [2.05, 4.69) is 36.1 Å². The molecule has 4 heteroatoms. The second-order valence-corrected chi connectivity index (χ2v) is 5.48. The van der Waals surface area contributed by atoms with Gasteiger partial charge in [0.2, 0.25) is 0 Å². The summed E-state index contributed by atoms with van der Waals surface area (Å²) in [4.78, 5) is 6.75. The first-order valence-corrected chi connectivity index (χ1v) is 7.40. The third-order valence-electron chi connectivity index (χ3n) is 4.04. The van der Waals surface area contributed by atoms with E-state index >= 15 is 0 Å². The first kappa shape index (κ1) is 15.3. The Morgan fingerprint density at radius 2 is 2.06 bits per heavy atom. The fraction of sp³-hybridized carbons (Fsp3) is 0.929. The van der Waals surface area contributed by atoms with Crippen molar-refractivity contribution in [3.8, 4) is 0 Å². The van der Waals surface area contributed by atoms with Gasteiger partial charge in [-0.2, -0.15) is 0 Å². The highest BCUT2D eigenvalue weighted by molar-refractivity contribution is 5.78. The van der Waals surface area contributed by atoms with Crippen LogP contribution in [0.15, 0.2) is 4.99 Å². The Kier molecular flexibility index (Phi) is 7.09. The number of aliphatic imine (C=N–C) groups is 1. The largest absolute Gasteiger partial charge is 0.370 e. The molecule has 0 aromatic rings.